The first-order valence-corrected chi connectivity index (χ1v) is 6.60. The molecule has 0 saturated heterocycles. The summed E-state index contributed by atoms with van der Waals surface area (Å²) in [6, 6.07) is 10.3. The van der Waals surface area contributed by atoms with Crippen LogP contribution in [0.25, 0.3) is 0 Å². The van der Waals surface area contributed by atoms with Crippen molar-refractivity contribution in [3.05, 3.63) is 35.9 Å². The second-order valence-corrected chi connectivity index (χ2v) is 6.23. The fraction of sp³-hybridized carbons (Fsp3) is 0.143. The first kappa shape index (κ1) is 12.0. The molecule has 0 atom stereocenters. The third-order valence-electron chi connectivity index (χ3n) is 0.940. The second kappa shape index (κ2) is 5.60. The highest BCUT2D eigenvalue weighted by Crippen LogP contribution is 2.51. The molecule has 0 radical (unpaired) electrons. The molecule has 12 heavy (non-hydrogen) atoms. The van der Waals surface area contributed by atoms with Gasteiger partial charge in [0.05, 0.1) is 0 Å². The molecule has 68 valence electrons. The molecular formula is C7H9Cl2O2P. The van der Waals surface area contributed by atoms with Gasteiger partial charge in [-0.1, -0.05) is 35.9 Å². The van der Waals surface area contributed by atoms with Crippen LogP contribution in [-0.2, 0) is 4.57 Å². The van der Waals surface area contributed by atoms with Gasteiger partial charge in [-0.3, -0.25) is 4.57 Å². The molecule has 1 aromatic carbocycles. The Morgan fingerprint density at radius 2 is 1.58 bits per heavy atom. The normalized spacial score (nSPS) is 10.0. The molecule has 2 nitrogen and oxygen atoms in total. The minimum atomic E-state index is -3.69. The molecule has 1 N–H and O–H groups in total. The zero-order valence-corrected chi connectivity index (χ0v) is 8.85. The largest absolute Gasteiger partial charge is 0.377 e. The lowest BCUT2D eigenvalue weighted by Gasteiger charge is -1.82. The van der Waals surface area contributed by atoms with Crippen molar-refractivity contribution in [1.82, 2.24) is 0 Å². The number of halogens is 2. The number of benzene rings is 1. The van der Waals surface area contributed by atoms with Crippen molar-refractivity contribution >= 4 is 28.6 Å². The average Bonchev–Trinajstić information content (AvgIpc) is 1.85. The molecule has 0 aliphatic carbocycles. The molecule has 0 amide bonds. The van der Waals surface area contributed by atoms with Gasteiger partial charge < -0.3 is 4.89 Å². The van der Waals surface area contributed by atoms with E-state index in [2.05, 4.69) is 41.5 Å². The van der Waals surface area contributed by atoms with Gasteiger partial charge in [0.2, 0.25) is 0 Å². The molecular weight excluding hydrogens is 218 g/mol. The van der Waals surface area contributed by atoms with Crippen molar-refractivity contribution in [2.24, 2.45) is 0 Å². The van der Waals surface area contributed by atoms with E-state index in [1.54, 1.807) is 0 Å². The van der Waals surface area contributed by atoms with E-state index in [0.717, 1.165) is 0 Å². The fourth-order valence-corrected chi connectivity index (χ4v) is 0.534. The number of rotatable bonds is 0. The molecule has 0 saturated carbocycles. The lowest BCUT2D eigenvalue weighted by molar-refractivity contribution is 0.512. The van der Waals surface area contributed by atoms with E-state index in [1.807, 2.05) is 18.2 Å². The monoisotopic (exact) mass is 226 g/mol. The van der Waals surface area contributed by atoms with Gasteiger partial charge in [0.15, 0.2) is 0 Å². The molecule has 0 spiro atoms. The van der Waals surface area contributed by atoms with Crippen molar-refractivity contribution in [3.8, 4) is 0 Å². The lowest BCUT2D eigenvalue weighted by atomic mass is 10.2. The topological polar surface area (TPSA) is 37.3 Å². The first-order valence-electron chi connectivity index (χ1n) is 3.13. The molecule has 0 unspecified atom stereocenters. The lowest BCUT2D eigenvalue weighted by Crippen LogP contribution is -1.62. The van der Waals surface area contributed by atoms with Crippen molar-refractivity contribution in [3.63, 3.8) is 0 Å². The van der Waals surface area contributed by atoms with Crippen molar-refractivity contribution in [2.45, 2.75) is 6.92 Å². The highest BCUT2D eigenvalue weighted by Gasteiger charge is 2.02. The second-order valence-electron chi connectivity index (χ2n) is 2.09. The van der Waals surface area contributed by atoms with Crippen molar-refractivity contribution in [2.75, 3.05) is 0 Å². The van der Waals surface area contributed by atoms with Crippen LogP contribution in [0.4, 0.5) is 0 Å². The van der Waals surface area contributed by atoms with Gasteiger partial charge in [-0.25, -0.2) is 0 Å². The Kier molecular flexibility index (Phi) is 5.60. The summed E-state index contributed by atoms with van der Waals surface area (Å²) in [6.45, 7) is 2.08. The van der Waals surface area contributed by atoms with E-state index in [1.165, 1.54) is 5.56 Å². The summed E-state index contributed by atoms with van der Waals surface area (Å²) in [5.41, 5.74) is 1.32. The molecule has 0 bridgehead atoms. The maximum absolute atomic E-state index is 9.30. The summed E-state index contributed by atoms with van der Waals surface area (Å²) >= 11 is 8.81. The van der Waals surface area contributed by atoms with Gasteiger partial charge in [-0.15, -0.1) is 0 Å². The molecule has 0 fully saturated rings. The van der Waals surface area contributed by atoms with Gasteiger partial charge in [-0.2, -0.15) is 0 Å². The van der Waals surface area contributed by atoms with Gasteiger partial charge in [0.1, 0.15) is 0 Å². The smallest absolute Gasteiger partial charge is 0.322 e. The van der Waals surface area contributed by atoms with E-state index in [9.17, 15) is 4.57 Å². The maximum Gasteiger partial charge on any atom is 0.377 e. The van der Waals surface area contributed by atoms with Gasteiger partial charge in [-0.05, 0) is 29.4 Å². The SMILES string of the molecule is Cc1ccccc1.O=P(O)(Cl)Cl. The summed E-state index contributed by atoms with van der Waals surface area (Å²) in [6.07, 6.45) is -3.69. The predicted octanol–water partition coefficient (Wildman–Crippen LogP) is 3.56. The van der Waals surface area contributed by atoms with Crippen molar-refractivity contribution in [1.29, 1.82) is 0 Å². The van der Waals surface area contributed by atoms with Crippen LogP contribution >= 0.6 is 28.6 Å². The van der Waals surface area contributed by atoms with Gasteiger partial charge >= 0.3 is 6.07 Å². The summed E-state index contributed by atoms with van der Waals surface area (Å²) in [4.78, 5) is 7.61. The molecule has 5 heteroatoms. The van der Waals surface area contributed by atoms with Crippen LogP contribution in [0, 0.1) is 6.92 Å². The highest BCUT2D eigenvalue weighted by molar-refractivity contribution is 8.04. The predicted molar refractivity (Wildman–Crippen MR) is 52.7 cm³/mol. The Morgan fingerprint density at radius 3 is 1.75 bits per heavy atom. The van der Waals surface area contributed by atoms with Crippen LogP contribution in [0.5, 0.6) is 0 Å². The minimum absolute atomic E-state index is 1.32. The summed E-state index contributed by atoms with van der Waals surface area (Å²) in [5.74, 6) is 0. The van der Waals surface area contributed by atoms with E-state index in [0.29, 0.717) is 0 Å². The van der Waals surface area contributed by atoms with E-state index >= 15 is 0 Å². The van der Waals surface area contributed by atoms with Crippen LogP contribution in [0.2, 0.25) is 0 Å². The van der Waals surface area contributed by atoms with E-state index < -0.39 is 6.07 Å². The Hall–Kier alpha value is -0.0100. The van der Waals surface area contributed by atoms with Gasteiger partial charge in [0.25, 0.3) is 0 Å². The molecule has 0 aromatic heterocycles. The molecule has 1 rings (SSSR count). The summed E-state index contributed by atoms with van der Waals surface area (Å²) in [5, 5.41) is 0. The van der Waals surface area contributed by atoms with Crippen LogP contribution < -0.4 is 0 Å². The van der Waals surface area contributed by atoms with Crippen LogP contribution in [-0.4, -0.2) is 4.89 Å². The number of hydrogen-bond acceptors (Lipinski definition) is 1. The standard InChI is InChI=1S/C7H8.Cl2HO2P/c1-7-5-3-2-4-6-7;1-5(2,3)4/h2-6H,1H3;(H,3,4). The Morgan fingerprint density at radius 1 is 1.25 bits per heavy atom. The Balaban J connectivity index is 0.000000217. The Bertz CT molecular complexity index is 249. The van der Waals surface area contributed by atoms with Crippen LogP contribution in [0.15, 0.2) is 30.3 Å². The quantitative estimate of drug-likeness (QED) is 0.688. The third-order valence-corrected chi connectivity index (χ3v) is 0.940. The van der Waals surface area contributed by atoms with Crippen LogP contribution in [0.1, 0.15) is 5.56 Å². The zero-order chi connectivity index (χ0) is 9.61. The van der Waals surface area contributed by atoms with Crippen molar-refractivity contribution < 1.29 is 9.46 Å². The fourth-order valence-electron chi connectivity index (χ4n) is 0.534. The first-order chi connectivity index (χ1) is 5.39. The maximum atomic E-state index is 9.30. The molecule has 0 aliphatic heterocycles. The highest BCUT2D eigenvalue weighted by atomic mass is 35.9. The molecule has 1 aromatic rings. The Labute approximate surface area is 81.2 Å². The summed E-state index contributed by atoms with van der Waals surface area (Å²) in [7, 11) is 0. The van der Waals surface area contributed by atoms with Crippen LogP contribution in [0.3, 0.4) is 0 Å². The average molecular weight is 227 g/mol. The number of hydrogen-bond donors (Lipinski definition) is 1. The summed E-state index contributed by atoms with van der Waals surface area (Å²) < 4.78 is 9.30. The molecule has 0 heterocycles. The van der Waals surface area contributed by atoms with E-state index in [4.69, 9.17) is 4.89 Å². The minimum Gasteiger partial charge on any atom is -0.322 e. The molecule has 0 aliphatic rings. The van der Waals surface area contributed by atoms with E-state index in [-0.39, 0.29) is 0 Å². The third kappa shape index (κ3) is 12.6. The number of aryl methyl sites for hydroxylation is 1. The van der Waals surface area contributed by atoms with Gasteiger partial charge in [0, 0.05) is 0 Å². The zero-order valence-electron chi connectivity index (χ0n) is 6.45.